The number of aliphatic carboxylic acids is 1. The van der Waals surface area contributed by atoms with Gasteiger partial charge >= 0.3 is 5.97 Å². The van der Waals surface area contributed by atoms with Gasteiger partial charge in [-0.3, -0.25) is 4.79 Å². The van der Waals surface area contributed by atoms with Gasteiger partial charge < -0.3 is 15.3 Å². The van der Waals surface area contributed by atoms with Gasteiger partial charge in [-0.1, -0.05) is 30.3 Å². The van der Waals surface area contributed by atoms with E-state index in [-0.39, 0.29) is 5.92 Å². The fourth-order valence-corrected chi connectivity index (χ4v) is 5.14. The van der Waals surface area contributed by atoms with Crippen LogP contribution >= 0.6 is 0 Å². The van der Waals surface area contributed by atoms with Crippen LogP contribution in [0.2, 0.25) is 0 Å². The Kier molecular flexibility index (Phi) is 6.14. The van der Waals surface area contributed by atoms with Crippen molar-refractivity contribution in [3.8, 4) is 0 Å². The van der Waals surface area contributed by atoms with Gasteiger partial charge in [0.05, 0.1) is 5.92 Å². The molecule has 4 rings (SSSR count). The van der Waals surface area contributed by atoms with Gasteiger partial charge in [-0.2, -0.15) is 0 Å². The number of carboxylic acids is 1. The summed E-state index contributed by atoms with van der Waals surface area (Å²) >= 11 is 0. The third-order valence-electron chi connectivity index (χ3n) is 7.11. The molecule has 4 heteroatoms. The molecule has 2 aliphatic carbocycles. The first kappa shape index (κ1) is 18.9. The minimum atomic E-state index is -0.591. The number of carbonyl (C=O) groups is 1. The summed E-state index contributed by atoms with van der Waals surface area (Å²) in [4.78, 5) is 13.7. The molecule has 0 unspecified atom stereocenters. The zero-order valence-corrected chi connectivity index (χ0v) is 16.4. The van der Waals surface area contributed by atoms with Gasteiger partial charge in [-0.15, -0.1) is 0 Å². The SMILES string of the molecule is O=C(O)C1CCC(CN2CCC(CN[C@@H]3C[C@H]3c3ccccc3)CC2)CC1. The summed E-state index contributed by atoms with van der Waals surface area (Å²) in [5, 5.41) is 12.9. The van der Waals surface area contributed by atoms with E-state index in [1.807, 2.05) is 0 Å². The van der Waals surface area contributed by atoms with E-state index < -0.39 is 5.97 Å². The van der Waals surface area contributed by atoms with Crippen LogP contribution in [0.4, 0.5) is 0 Å². The van der Waals surface area contributed by atoms with Crippen molar-refractivity contribution in [2.45, 2.75) is 56.9 Å². The Morgan fingerprint density at radius 1 is 1.00 bits per heavy atom. The number of benzene rings is 1. The Bertz CT molecular complexity index is 604. The molecule has 0 aromatic heterocycles. The quantitative estimate of drug-likeness (QED) is 0.768. The van der Waals surface area contributed by atoms with E-state index in [0.717, 1.165) is 37.5 Å². The molecule has 0 radical (unpaired) electrons. The molecule has 1 aromatic carbocycles. The van der Waals surface area contributed by atoms with Gasteiger partial charge in [0.15, 0.2) is 0 Å². The topological polar surface area (TPSA) is 52.6 Å². The lowest BCUT2D eigenvalue weighted by atomic mass is 9.81. The van der Waals surface area contributed by atoms with Gasteiger partial charge in [0.25, 0.3) is 0 Å². The van der Waals surface area contributed by atoms with Crippen molar-refractivity contribution in [1.29, 1.82) is 0 Å². The first-order valence-corrected chi connectivity index (χ1v) is 10.9. The number of nitrogens with one attached hydrogen (secondary N) is 1. The van der Waals surface area contributed by atoms with Crippen molar-refractivity contribution in [1.82, 2.24) is 10.2 Å². The second kappa shape index (κ2) is 8.74. The number of hydrogen-bond donors (Lipinski definition) is 2. The van der Waals surface area contributed by atoms with E-state index >= 15 is 0 Å². The number of rotatable bonds is 7. The maximum absolute atomic E-state index is 11.1. The van der Waals surface area contributed by atoms with Gasteiger partial charge in [0.1, 0.15) is 0 Å². The zero-order chi connectivity index (χ0) is 18.6. The summed E-state index contributed by atoms with van der Waals surface area (Å²) in [6.07, 6.45) is 7.86. The maximum atomic E-state index is 11.1. The lowest BCUT2D eigenvalue weighted by Gasteiger charge is -2.36. The van der Waals surface area contributed by atoms with Crippen LogP contribution in [0.25, 0.3) is 0 Å². The Morgan fingerprint density at radius 3 is 2.37 bits per heavy atom. The lowest BCUT2D eigenvalue weighted by Crippen LogP contribution is -2.40. The molecule has 0 amide bonds. The highest BCUT2D eigenvalue weighted by molar-refractivity contribution is 5.69. The molecule has 148 valence electrons. The highest BCUT2D eigenvalue weighted by Crippen LogP contribution is 2.40. The minimum Gasteiger partial charge on any atom is -0.481 e. The Hall–Kier alpha value is -1.39. The molecule has 0 bridgehead atoms. The molecule has 2 atom stereocenters. The highest BCUT2D eigenvalue weighted by Gasteiger charge is 2.38. The standard InChI is InChI=1S/C23H34N2O2/c26-23(27)20-8-6-18(7-9-20)16-25-12-10-17(11-13-25)15-24-22-14-21(22)19-4-2-1-3-5-19/h1-5,17-18,20-22,24H,6-16H2,(H,26,27)/t18?,20?,21-,22+/m0/s1. The van der Waals surface area contributed by atoms with Crippen LogP contribution in [0.5, 0.6) is 0 Å². The molecule has 3 aliphatic rings. The molecule has 4 nitrogen and oxygen atoms in total. The molecule has 2 saturated carbocycles. The van der Waals surface area contributed by atoms with E-state index in [1.165, 1.54) is 51.0 Å². The third-order valence-corrected chi connectivity index (χ3v) is 7.11. The smallest absolute Gasteiger partial charge is 0.306 e. The summed E-state index contributed by atoms with van der Waals surface area (Å²) in [6.45, 7) is 4.80. The van der Waals surface area contributed by atoms with Crippen LogP contribution in [0.1, 0.15) is 56.4 Å². The van der Waals surface area contributed by atoms with Gasteiger partial charge in [-0.25, -0.2) is 0 Å². The molecule has 1 aliphatic heterocycles. The molecule has 1 heterocycles. The van der Waals surface area contributed by atoms with Gasteiger partial charge in [0, 0.05) is 18.5 Å². The maximum Gasteiger partial charge on any atom is 0.306 e. The minimum absolute atomic E-state index is 0.0832. The Morgan fingerprint density at radius 2 is 1.70 bits per heavy atom. The Labute approximate surface area is 163 Å². The van der Waals surface area contributed by atoms with E-state index in [9.17, 15) is 4.79 Å². The van der Waals surface area contributed by atoms with Crippen LogP contribution in [0, 0.1) is 17.8 Å². The van der Waals surface area contributed by atoms with E-state index in [2.05, 4.69) is 40.5 Å². The second-order valence-electron chi connectivity index (χ2n) is 9.07. The van der Waals surface area contributed by atoms with Crippen molar-refractivity contribution < 1.29 is 9.90 Å². The largest absolute Gasteiger partial charge is 0.481 e. The van der Waals surface area contributed by atoms with Crippen LogP contribution in [0.3, 0.4) is 0 Å². The molecular formula is C23H34N2O2. The number of hydrogen-bond acceptors (Lipinski definition) is 3. The fraction of sp³-hybridized carbons (Fsp3) is 0.696. The number of carboxylic acid groups (broad SMARTS) is 1. The molecule has 1 aromatic rings. The molecule has 27 heavy (non-hydrogen) atoms. The number of piperidine rings is 1. The van der Waals surface area contributed by atoms with Gasteiger partial charge in [0.2, 0.25) is 0 Å². The molecule has 0 spiro atoms. The van der Waals surface area contributed by atoms with E-state index in [1.54, 1.807) is 0 Å². The zero-order valence-electron chi connectivity index (χ0n) is 16.4. The fourth-order valence-electron chi connectivity index (χ4n) is 5.14. The Balaban J connectivity index is 1.11. The molecule has 2 N–H and O–H groups in total. The van der Waals surface area contributed by atoms with Crippen LogP contribution in [-0.2, 0) is 4.79 Å². The predicted molar refractivity (Wildman–Crippen MR) is 108 cm³/mol. The van der Waals surface area contributed by atoms with E-state index in [4.69, 9.17) is 5.11 Å². The summed E-state index contributed by atoms with van der Waals surface area (Å²) in [7, 11) is 0. The van der Waals surface area contributed by atoms with Crippen molar-refractivity contribution in [3.63, 3.8) is 0 Å². The van der Waals surface area contributed by atoms with Crippen molar-refractivity contribution in [2.24, 2.45) is 17.8 Å². The van der Waals surface area contributed by atoms with Crippen molar-refractivity contribution >= 4 is 5.97 Å². The first-order chi connectivity index (χ1) is 13.2. The second-order valence-corrected chi connectivity index (χ2v) is 9.07. The number of likely N-dealkylation sites (tertiary alicyclic amines) is 1. The highest BCUT2D eigenvalue weighted by atomic mass is 16.4. The summed E-state index contributed by atoms with van der Waals surface area (Å²) in [5.41, 5.74) is 1.49. The summed E-state index contributed by atoms with van der Waals surface area (Å²) in [6, 6.07) is 11.6. The van der Waals surface area contributed by atoms with Crippen LogP contribution in [0.15, 0.2) is 30.3 Å². The summed E-state index contributed by atoms with van der Waals surface area (Å²) < 4.78 is 0. The van der Waals surface area contributed by atoms with Crippen LogP contribution in [-0.4, -0.2) is 48.2 Å². The molecule has 3 fully saturated rings. The normalized spacial score (nSPS) is 32.3. The van der Waals surface area contributed by atoms with Gasteiger partial charge in [-0.05, 0) is 82.0 Å². The lowest BCUT2D eigenvalue weighted by molar-refractivity contribution is -0.143. The molecular weight excluding hydrogens is 336 g/mol. The average molecular weight is 371 g/mol. The monoisotopic (exact) mass is 370 g/mol. The van der Waals surface area contributed by atoms with Crippen LogP contribution < -0.4 is 5.32 Å². The van der Waals surface area contributed by atoms with E-state index in [0.29, 0.717) is 12.0 Å². The van der Waals surface area contributed by atoms with Crippen molar-refractivity contribution in [3.05, 3.63) is 35.9 Å². The predicted octanol–water partition coefficient (Wildman–Crippen LogP) is 3.74. The molecule has 1 saturated heterocycles. The number of nitrogens with zero attached hydrogens (tertiary/aromatic N) is 1. The average Bonchev–Trinajstić information content (AvgIpc) is 3.48. The van der Waals surface area contributed by atoms with Crippen molar-refractivity contribution in [2.75, 3.05) is 26.2 Å². The first-order valence-electron chi connectivity index (χ1n) is 10.9. The summed E-state index contributed by atoms with van der Waals surface area (Å²) in [5.74, 6) is 1.59. The third kappa shape index (κ3) is 5.11.